The summed E-state index contributed by atoms with van der Waals surface area (Å²) in [5.74, 6) is 3.49. The van der Waals surface area contributed by atoms with Gasteiger partial charge in [0.15, 0.2) is 16.6 Å². The van der Waals surface area contributed by atoms with Crippen LogP contribution in [0.15, 0.2) is 47.5 Å². The Morgan fingerprint density at radius 3 is 2.70 bits per heavy atom. The molecule has 1 saturated carbocycles. The number of hydrogen-bond donors (Lipinski definition) is 2. The van der Waals surface area contributed by atoms with Crippen LogP contribution >= 0.6 is 12.2 Å². The number of thiocarbonyl (C=S) groups is 1. The van der Waals surface area contributed by atoms with E-state index >= 15 is 0 Å². The molecule has 0 amide bonds. The van der Waals surface area contributed by atoms with Crippen LogP contribution < -0.4 is 14.8 Å². The topological polar surface area (TPSA) is 74.8 Å². The van der Waals surface area contributed by atoms with E-state index < -0.39 is 0 Å². The van der Waals surface area contributed by atoms with Crippen LogP contribution in [-0.4, -0.2) is 51.1 Å². The summed E-state index contributed by atoms with van der Waals surface area (Å²) in [6, 6.07) is 14.1. The van der Waals surface area contributed by atoms with Crippen molar-refractivity contribution in [3.8, 4) is 11.5 Å². The maximum Gasteiger partial charge on any atom is 0.198 e. The van der Waals surface area contributed by atoms with Crippen molar-refractivity contribution in [3.63, 3.8) is 0 Å². The summed E-state index contributed by atoms with van der Waals surface area (Å²) in [5.41, 5.74) is 2.83. The van der Waals surface area contributed by atoms with E-state index in [0.717, 1.165) is 65.7 Å². The molecule has 2 N–H and O–H groups in total. The second-order valence-corrected chi connectivity index (χ2v) is 9.29. The summed E-state index contributed by atoms with van der Waals surface area (Å²) in [6.45, 7) is 1.94. The highest BCUT2D eigenvalue weighted by atomic mass is 32.1. The predicted octanol–water partition coefficient (Wildman–Crippen LogP) is 4.69. The number of benzene rings is 2. The van der Waals surface area contributed by atoms with E-state index in [1.165, 1.54) is 19.3 Å². The van der Waals surface area contributed by atoms with Crippen LogP contribution in [0.2, 0.25) is 0 Å². The molecule has 3 aromatic rings. The van der Waals surface area contributed by atoms with Gasteiger partial charge in [0.2, 0.25) is 0 Å². The first kappa shape index (κ1) is 20.5. The molecule has 3 aliphatic rings. The molecule has 0 unspecified atom stereocenters. The third-order valence-electron chi connectivity index (χ3n) is 6.89. The van der Waals surface area contributed by atoms with Crippen LogP contribution in [0.4, 0.5) is 5.69 Å². The zero-order valence-corrected chi connectivity index (χ0v) is 19.3. The van der Waals surface area contributed by atoms with E-state index in [4.69, 9.17) is 31.7 Å². The van der Waals surface area contributed by atoms with Gasteiger partial charge in [-0.05, 0) is 49.3 Å². The monoisotopic (exact) mass is 461 g/mol. The number of aliphatic imine (C=N–C) groups is 1. The lowest BCUT2D eigenvalue weighted by Gasteiger charge is -2.43. The zero-order chi connectivity index (χ0) is 22.3. The van der Waals surface area contributed by atoms with E-state index in [0.29, 0.717) is 18.3 Å². The third kappa shape index (κ3) is 3.72. The fraction of sp³-hybridized carbons (Fsp3) is 0.400. The van der Waals surface area contributed by atoms with Gasteiger partial charge in [0.25, 0.3) is 0 Å². The average molecular weight is 462 g/mol. The van der Waals surface area contributed by atoms with Crippen molar-refractivity contribution in [1.29, 1.82) is 0 Å². The van der Waals surface area contributed by atoms with Gasteiger partial charge < -0.3 is 24.7 Å². The highest BCUT2D eigenvalue weighted by Gasteiger charge is 2.48. The maximum absolute atomic E-state index is 5.79. The molecule has 8 heteroatoms. The van der Waals surface area contributed by atoms with Crippen LogP contribution in [0.25, 0.3) is 11.0 Å². The Hall–Kier alpha value is -3.13. The minimum absolute atomic E-state index is 0.186. The number of imidazole rings is 1. The van der Waals surface area contributed by atoms with Crippen molar-refractivity contribution in [2.75, 3.05) is 25.1 Å². The van der Waals surface area contributed by atoms with Crippen LogP contribution in [-0.2, 0) is 6.42 Å². The normalized spacial score (nSPS) is 19.2. The summed E-state index contributed by atoms with van der Waals surface area (Å²) in [5, 5.41) is 4.25. The third-order valence-corrected chi connectivity index (χ3v) is 7.20. The number of aromatic amines is 1. The van der Waals surface area contributed by atoms with Gasteiger partial charge in [-0.15, -0.1) is 0 Å². The minimum Gasteiger partial charge on any atom is -0.486 e. The molecule has 2 aromatic carbocycles. The lowest BCUT2D eigenvalue weighted by atomic mass is 9.79. The lowest BCUT2D eigenvalue weighted by molar-refractivity contribution is 0.171. The van der Waals surface area contributed by atoms with Gasteiger partial charge in [-0.2, -0.15) is 0 Å². The van der Waals surface area contributed by atoms with Crippen LogP contribution in [0, 0.1) is 0 Å². The van der Waals surface area contributed by atoms with Gasteiger partial charge >= 0.3 is 0 Å². The molecule has 0 saturated heterocycles. The number of anilines is 1. The Balaban J connectivity index is 1.24. The van der Waals surface area contributed by atoms with Gasteiger partial charge in [-0.3, -0.25) is 0 Å². The number of fused-ring (bicyclic) bond motifs is 2. The molecule has 6 rings (SSSR count). The molecule has 3 heterocycles. The molecule has 1 fully saturated rings. The Bertz CT molecular complexity index is 1200. The molecule has 1 spiro atoms. The molecule has 1 aliphatic carbocycles. The number of para-hydroxylation sites is 2. The zero-order valence-electron chi connectivity index (χ0n) is 18.5. The molecule has 0 atom stereocenters. The molecule has 1 aromatic heterocycles. The second kappa shape index (κ2) is 8.33. The van der Waals surface area contributed by atoms with Crippen molar-refractivity contribution in [3.05, 3.63) is 48.3 Å². The van der Waals surface area contributed by atoms with E-state index in [9.17, 15) is 0 Å². The minimum atomic E-state index is -0.186. The number of nitrogens with one attached hydrogen (secondary N) is 2. The summed E-state index contributed by atoms with van der Waals surface area (Å²) in [7, 11) is 0. The number of rotatable bonds is 4. The number of ether oxygens (including phenoxy) is 2. The fourth-order valence-electron chi connectivity index (χ4n) is 5.27. The lowest BCUT2D eigenvalue weighted by Crippen LogP contribution is -2.55. The Kier molecular flexibility index (Phi) is 5.17. The standard InChI is InChI=1S/C25H27N5O2S/c33-24-29-23(26-17-8-9-20-21(16-17)32-15-14-31-20)25(11-4-1-5-12-25)30(24)13-10-22-27-18-6-2-3-7-19(18)28-22/h2-3,6-9,16H,1,4-5,10-15H2,(H,27,28)(H,26,29,33). The smallest absolute Gasteiger partial charge is 0.198 e. The van der Waals surface area contributed by atoms with Crippen LogP contribution in [0.5, 0.6) is 11.5 Å². The van der Waals surface area contributed by atoms with Gasteiger partial charge in [0.05, 0.1) is 11.0 Å². The molecular weight excluding hydrogens is 434 g/mol. The fourth-order valence-corrected chi connectivity index (χ4v) is 5.63. The largest absolute Gasteiger partial charge is 0.486 e. The Morgan fingerprint density at radius 2 is 1.85 bits per heavy atom. The molecule has 0 bridgehead atoms. The second-order valence-electron chi connectivity index (χ2n) is 8.92. The Labute approximate surface area is 198 Å². The van der Waals surface area contributed by atoms with Gasteiger partial charge in [-0.1, -0.05) is 31.4 Å². The maximum atomic E-state index is 5.79. The summed E-state index contributed by atoms with van der Waals surface area (Å²) in [4.78, 5) is 15.4. The Morgan fingerprint density at radius 1 is 1.03 bits per heavy atom. The van der Waals surface area contributed by atoms with Crippen molar-refractivity contribution in [2.45, 2.75) is 44.1 Å². The molecule has 0 radical (unpaired) electrons. The van der Waals surface area contributed by atoms with Crippen molar-refractivity contribution in [2.24, 2.45) is 4.99 Å². The molecule has 33 heavy (non-hydrogen) atoms. The molecule has 170 valence electrons. The van der Waals surface area contributed by atoms with Crippen molar-refractivity contribution < 1.29 is 9.47 Å². The van der Waals surface area contributed by atoms with Crippen molar-refractivity contribution >= 4 is 39.9 Å². The van der Waals surface area contributed by atoms with Gasteiger partial charge in [-0.25, -0.2) is 9.98 Å². The first-order valence-electron chi connectivity index (χ1n) is 11.7. The highest BCUT2D eigenvalue weighted by Crippen LogP contribution is 2.40. The number of amidine groups is 1. The van der Waals surface area contributed by atoms with Gasteiger partial charge in [0.1, 0.15) is 30.4 Å². The molecule has 7 nitrogen and oxygen atoms in total. The van der Waals surface area contributed by atoms with E-state index in [-0.39, 0.29) is 5.54 Å². The first-order valence-corrected chi connectivity index (χ1v) is 12.1. The quantitative estimate of drug-likeness (QED) is 0.549. The summed E-state index contributed by atoms with van der Waals surface area (Å²) >= 11 is 5.79. The molecular formula is C25H27N5O2S. The number of aromatic nitrogens is 2. The SMILES string of the molecule is S=C1N=C(Nc2ccc3c(c2)OCCO3)C2(CCCCC2)N1CCc1nc2ccccc2[nH]1. The summed E-state index contributed by atoms with van der Waals surface area (Å²) < 4.78 is 11.4. The number of H-pyrrole nitrogens is 1. The van der Waals surface area contributed by atoms with Gasteiger partial charge in [0, 0.05) is 24.7 Å². The van der Waals surface area contributed by atoms with E-state index in [2.05, 4.69) is 21.3 Å². The molecule has 2 aliphatic heterocycles. The number of nitrogens with zero attached hydrogens (tertiary/aromatic N) is 3. The van der Waals surface area contributed by atoms with Crippen LogP contribution in [0.3, 0.4) is 0 Å². The van der Waals surface area contributed by atoms with Crippen molar-refractivity contribution in [1.82, 2.24) is 14.9 Å². The first-order chi connectivity index (χ1) is 16.2. The number of hydrogen-bond acceptors (Lipinski definition) is 5. The average Bonchev–Trinajstić information content (AvgIpc) is 3.36. The highest BCUT2D eigenvalue weighted by molar-refractivity contribution is 7.80. The van der Waals surface area contributed by atoms with E-state index in [1.54, 1.807) is 0 Å². The van der Waals surface area contributed by atoms with E-state index in [1.807, 2.05) is 36.4 Å². The predicted molar refractivity (Wildman–Crippen MR) is 133 cm³/mol. The summed E-state index contributed by atoms with van der Waals surface area (Å²) in [6.07, 6.45) is 6.48. The van der Waals surface area contributed by atoms with Crippen LogP contribution in [0.1, 0.15) is 37.9 Å².